The summed E-state index contributed by atoms with van der Waals surface area (Å²) in [6.07, 6.45) is 3.33. The number of nitrogens with one attached hydrogen (secondary N) is 1. The number of alkyl halides is 1. The molecule has 0 spiro atoms. The van der Waals surface area contributed by atoms with Crippen LogP contribution in [0.5, 0.6) is 0 Å². The zero-order valence-electron chi connectivity index (χ0n) is 16.0. The van der Waals surface area contributed by atoms with Gasteiger partial charge in [0.1, 0.15) is 5.57 Å². The molecule has 1 fully saturated rings. The van der Waals surface area contributed by atoms with E-state index in [-0.39, 0.29) is 5.57 Å². The van der Waals surface area contributed by atoms with Crippen molar-refractivity contribution in [3.8, 4) is 0 Å². The number of carbonyl (C=O) groups excluding carboxylic acids is 3. The molecule has 0 unspecified atom stereocenters. The van der Waals surface area contributed by atoms with Gasteiger partial charge in [0.2, 0.25) is 0 Å². The van der Waals surface area contributed by atoms with Crippen molar-refractivity contribution in [2.45, 2.75) is 12.8 Å². The summed E-state index contributed by atoms with van der Waals surface area (Å²) < 4.78 is 0. The lowest BCUT2D eigenvalue weighted by Gasteiger charge is -2.26. The molecule has 4 rings (SSSR count). The van der Waals surface area contributed by atoms with Crippen LogP contribution in [0.2, 0.25) is 5.02 Å². The van der Waals surface area contributed by atoms with E-state index in [4.69, 9.17) is 23.2 Å². The normalized spacial score (nSPS) is 17.5. The summed E-state index contributed by atoms with van der Waals surface area (Å²) in [5, 5.41) is 2.71. The van der Waals surface area contributed by atoms with Crippen LogP contribution >= 0.6 is 23.2 Å². The Morgan fingerprint density at radius 2 is 1.83 bits per heavy atom. The Balaban J connectivity index is 1.62. The maximum Gasteiger partial charge on any atom is 0.335 e. The van der Waals surface area contributed by atoms with Gasteiger partial charge in [0.05, 0.1) is 5.69 Å². The number of rotatable bonds is 5. The van der Waals surface area contributed by atoms with E-state index in [1.54, 1.807) is 24.3 Å². The van der Waals surface area contributed by atoms with Crippen LogP contribution in [0.25, 0.3) is 6.08 Å². The minimum Gasteiger partial charge on any atom is -0.371 e. The maximum absolute atomic E-state index is 13.0. The second kappa shape index (κ2) is 8.50. The van der Waals surface area contributed by atoms with Crippen molar-refractivity contribution < 1.29 is 14.4 Å². The Morgan fingerprint density at radius 1 is 1.07 bits per heavy atom. The number of barbiturate groups is 1. The number of nitrogens with zero attached hydrogens (tertiary/aromatic N) is 2. The minimum atomic E-state index is -0.784. The molecule has 1 N–H and O–H groups in total. The molecule has 2 heterocycles. The number of anilines is 2. The Bertz CT molecular complexity index is 1050. The number of hydrogen-bond acceptors (Lipinski definition) is 4. The molecule has 6 nitrogen and oxygen atoms in total. The van der Waals surface area contributed by atoms with Crippen molar-refractivity contribution >= 4 is 58.5 Å². The van der Waals surface area contributed by atoms with Gasteiger partial charge in [0.25, 0.3) is 11.8 Å². The molecule has 0 bridgehead atoms. The first kappa shape index (κ1) is 20.4. The first-order valence-corrected chi connectivity index (χ1v) is 10.5. The lowest BCUT2D eigenvalue weighted by Crippen LogP contribution is -2.54. The summed E-state index contributed by atoms with van der Waals surface area (Å²) in [6, 6.07) is 11.3. The van der Waals surface area contributed by atoms with Crippen LogP contribution < -0.4 is 15.1 Å². The molecule has 8 heteroatoms. The highest BCUT2D eigenvalue weighted by atomic mass is 35.5. The van der Waals surface area contributed by atoms with Gasteiger partial charge in [-0.25, -0.2) is 9.69 Å². The Morgan fingerprint density at radius 3 is 2.57 bits per heavy atom. The van der Waals surface area contributed by atoms with E-state index in [9.17, 15) is 14.4 Å². The summed E-state index contributed by atoms with van der Waals surface area (Å²) in [5.74, 6) is -0.759. The zero-order chi connectivity index (χ0) is 21.3. The first-order valence-electron chi connectivity index (χ1n) is 9.59. The van der Waals surface area contributed by atoms with Gasteiger partial charge in [0.15, 0.2) is 0 Å². The molecule has 2 aromatic carbocycles. The van der Waals surface area contributed by atoms with E-state index in [1.807, 2.05) is 18.2 Å². The Kier molecular flexibility index (Phi) is 5.79. The van der Waals surface area contributed by atoms with Crippen molar-refractivity contribution in [3.63, 3.8) is 0 Å². The molecule has 2 aliphatic heterocycles. The summed E-state index contributed by atoms with van der Waals surface area (Å²) in [5.41, 5.74) is 3.29. The largest absolute Gasteiger partial charge is 0.371 e. The van der Waals surface area contributed by atoms with Gasteiger partial charge < -0.3 is 4.90 Å². The van der Waals surface area contributed by atoms with E-state index in [1.165, 1.54) is 6.08 Å². The average Bonchev–Trinajstić information content (AvgIpc) is 3.13. The fraction of sp³-hybridized carbons (Fsp3) is 0.227. The minimum absolute atomic E-state index is 0.0958. The summed E-state index contributed by atoms with van der Waals surface area (Å²) in [6.45, 7) is 1.82. The van der Waals surface area contributed by atoms with Crippen molar-refractivity contribution in [1.29, 1.82) is 0 Å². The quantitative estimate of drug-likeness (QED) is 0.430. The van der Waals surface area contributed by atoms with Gasteiger partial charge in [-0.05, 0) is 66.4 Å². The van der Waals surface area contributed by atoms with Crippen LogP contribution in [-0.4, -0.2) is 36.8 Å². The molecular formula is C22H19Cl2N3O3. The standard InChI is InChI=1S/C22H19Cl2N3O3/c23-9-1-10-26-11-8-15-12-14(2-7-19(15)26)13-18-20(28)25-22(30)27(21(18)29)17-5-3-16(24)4-6-17/h2-7,12-13H,1,8-11H2,(H,25,28,30). The predicted octanol–water partition coefficient (Wildman–Crippen LogP) is 4.00. The van der Waals surface area contributed by atoms with E-state index >= 15 is 0 Å². The summed E-state index contributed by atoms with van der Waals surface area (Å²) in [4.78, 5) is 40.8. The van der Waals surface area contributed by atoms with Crippen molar-refractivity contribution in [1.82, 2.24) is 5.32 Å². The summed E-state index contributed by atoms with van der Waals surface area (Å²) >= 11 is 11.7. The molecule has 2 aliphatic rings. The van der Waals surface area contributed by atoms with E-state index in [0.717, 1.165) is 47.6 Å². The third-order valence-corrected chi connectivity index (χ3v) is 5.67. The van der Waals surface area contributed by atoms with Crippen molar-refractivity contribution in [2.24, 2.45) is 0 Å². The van der Waals surface area contributed by atoms with E-state index in [0.29, 0.717) is 16.6 Å². The molecule has 0 aliphatic carbocycles. The monoisotopic (exact) mass is 443 g/mol. The molecule has 0 radical (unpaired) electrons. The van der Waals surface area contributed by atoms with Crippen LogP contribution in [-0.2, 0) is 16.0 Å². The Labute approximate surface area is 184 Å². The van der Waals surface area contributed by atoms with Crippen LogP contribution in [0.3, 0.4) is 0 Å². The second-order valence-electron chi connectivity index (χ2n) is 7.10. The van der Waals surface area contributed by atoms with Crippen LogP contribution in [0.15, 0.2) is 48.0 Å². The maximum atomic E-state index is 13.0. The molecule has 154 valence electrons. The third-order valence-electron chi connectivity index (χ3n) is 5.15. The van der Waals surface area contributed by atoms with Gasteiger partial charge in [-0.3, -0.25) is 14.9 Å². The highest BCUT2D eigenvalue weighted by Crippen LogP contribution is 2.30. The third kappa shape index (κ3) is 3.93. The summed E-state index contributed by atoms with van der Waals surface area (Å²) in [7, 11) is 0. The Hall–Kier alpha value is -2.83. The molecule has 0 atom stereocenters. The molecule has 30 heavy (non-hydrogen) atoms. The van der Waals surface area contributed by atoms with Crippen LogP contribution in [0.4, 0.5) is 16.2 Å². The predicted molar refractivity (Wildman–Crippen MR) is 118 cm³/mol. The number of carbonyl (C=O) groups is 3. The first-order chi connectivity index (χ1) is 14.5. The van der Waals surface area contributed by atoms with Gasteiger partial charge in [-0.15, -0.1) is 11.6 Å². The number of hydrogen-bond donors (Lipinski definition) is 1. The number of fused-ring (bicyclic) bond motifs is 1. The highest BCUT2D eigenvalue weighted by Gasteiger charge is 2.36. The lowest BCUT2D eigenvalue weighted by molar-refractivity contribution is -0.122. The van der Waals surface area contributed by atoms with Gasteiger partial charge in [-0.2, -0.15) is 0 Å². The topological polar surface area (TPSA) is 69.7 Å². The van der Waals surface area contributed by atoms with Crippen LogP contribution in [0, 0.1) is 0 Å². The number of urea groups is 1. The molecule has 0 saturated carbocycles. The molecule has 0 aromatic heterocycles. The fourth-order valence-corrected chi connectivity index (χ4v) is 3.96. The molecule has 4 amide bonds. The number of imide groups is 2. The second-order valence-corrected chi connectivity index (χ2v) is 7.92. The van der Waals surface area contributed by atoms with Crippen LogP contribution in [0.1, 0.15) is 17.5 Å². The van der Waals surface area contributed by atoms with Crippen molar-refractivity contribution in [2.75, 3.05) is 28.8 Å². The number of benzene rings is 2. The number of halogens is 2. The van der Waals surface area contributed by atoms with E-state index < -0.39 is 17.8 Å². The van der Waals surface area contributed by atoms with Crippen molar-refractivity contribution in [3.05, 3.63) is 64.2 Å². The van der Waals surface area contributed by atoms with Gasteiger partial charge >= 0.3 is 6.03 Å². The molecule has 1 saturated heterocycles. The van der Waals surface area contributed by atoms with Gasteiger partial charge in [0, 0.05) is 29.7 Å². The average molecular weight is 444 g/mol. The highest BCUT2D eigenvalue weighted by molar-refractivity contribution is 6.39. The molecular weight excluding hydrogens is 425 g/mol. The SMILES string of the molecule is O=C1NC(=O)N(c2ccc(Cl)cc2)C(=O)C1=Cc1ccc2c(c1)CCN2CCCCl. The zero-order valence-corrected chi connectivity index (χ0v) is 17.5. The lowest BCUT2D eigenvalue weighted by atomic mass is 10.0. The smallest absolute Gasteiger partial charge is 0.335 e. The fourth-order valence-electron chi connectivity index (χ4n) is 3.71. The van der Waals surface area contributed by atoms with E-state index in [2.05, 4.69) is 10.2 Å². The number of amides is 4. The van der Waals surface area contributed by atoms with Gasteiger partial charge in [-0.1, -0.05) is 17.7 Å². The molecule has 2 aromatic rings.